The monoisotopic (exact) mass is 302 g/mol. The van der Waals surface area contributed by atoms with Gasteiger partial charge in [0.05, 0.1) is 0 Å². The molecule has 2 aromatic rings. The van der Waals surface area contributed by atoms with E-state index in [0.717, 1.165) is 6.42 Å². The van der Waals surface area contributed by atoms with Crippen LogP contribution in [0.5, 0.6) is 0 Å². The molecule has 1 atom stereocenters. The van der Waals surface area contributed by atoms with Crippen molar-refractivity contribution < 1.29 is 13.2 Å². The first kappa shape index (κ1) is 14.9. The smallest absolute Gasteiger partial charge is 0.303 e. The third-order valence-corrected chi connectivity index (χ3v) is 3.60. The lowest BCUT2D eigenvalue weighted by molar-refractivity contribution is -0.137. The highest BCUT2D eigenvalue weighted by molar-refractivity contribution is 7.11. The van der Waals surface area contributed by atoms with Crippen LogP contribution < -0.4 is 5.32 Å². The van der Waals surface area contributed by atoms with Crippen molar-refractivity contribution in [2.75, 3.05) is 6.54 Å². The molecule has 4 nitrogen and oxygen atoms in total. The molecule has 0 saturated carbocycles. The molecule has 0 amide bonds. The Labute approximate surface area is 118 Å². The number of nitrogens with one attached hydrogen (secondary N) is 1. The van der Waals surface area contributed by atoms with Crippen molar-refractivity contribution in [3.8, 4) is 0 Å². The van der Waals surface area contributed by atoms with Gasteiger partial charge >= 0.3 is 6.18 Å². The van der Waals surface area contributed by atoms with E-state index in [0.29, 0.717) is 28.6 Å². The number of hydrogen-bond donors (Lipinski definition) is 1. The molecule has 1 N–H and O–H groups in total. The van der Waals surface area contributed by atoms with E-state index in [1.165, 1.54) is 6.20 Å². The van der Waals surface area contributed by atoms with Crippen molar-refractivity contribution in [2.45, 2.75) is 25.6 Å². The highest BCUT2D eigenvalue weighted by Gasteiger charge is 2.35. The van der Waals surface area contributed by atoms with Gasteiger partial charge in [-0.3, -0.25) is 0 Å². The summed E-state index contributed by atoms with van der Waals surface area (Å²) < 4.78 is 37.8. The fourth-order valence-corrected chi connectivity index (χ4v) is 2.47. The Bertz CT molecular complexity index is 541. The second-order valence-electron chi connectivity index (χ2n) is 4.06. The number of alkyl halides is 3. The molecule has 1 unspecified atom stereocenters. The average Bonchev–Trinajstić information content (AvgIpc) is 2.90. The Morgan fingerprint density at radius 2 is 1.95 bits per heavy atom. The van der Waals surface area contributed by atoms with Crippen molar-refractivity contribution in [3.63, 3.8) is 0 Å². The molecular formula is C12H13F3N4S. The second-order valence-corrected chi connectivity index (χ2v) is 5.12. The summed E-state index contributed by atoms with van der Waals surface area (Å²) in [5.74, 6) is 0.443. The second kappa shape index (κ2) is 6.27. The fourth-order valence-electron chi connectivity index (χ4n) is 1.62. The normalized spacial score (nSPS) is 13.4. The van der Waals surface area contributed by atoms with Crippen LogP contribution in [0.3, 0.4) is 0 Å². The molecule has 0 fully saturated rings. The molecule has 0 aliphatic carbocycles. The van der Waals surface area contributed by atoms with Crippen LogP contribution in [-0.2, 0) is 6.18 Å². The van der Waals surface area contributed by atoms with Crippen LogP contribution in [0.25, 0.3) is 0 Å². The standard InChI is InChI=1S/C12H13F3N4S/c1-2-4-16-9(10-17-5-3-6-18-10)8-7-19-11(20-8)12(13,14)15/h3,5-7,9,16H,2,4H2,1H3. The van der Waals surface area contributed by atoms with Crippen LogP contribution in [0, 0.1) is 0 Å². The Morgan fingerprint density at radius 3 is 2.50 bits per heavy atom. The van der Waals surface area contributed by atoms with E-state index in [9.17, 15) is 13.2 Å². The molecule has 0 aromatic carbocycles. The van der Waals surface area contributed by atoms with Crippen LogP contribution in [0.15, 0.2) is 24.7 Å². The Morgan fingerprint density at radius 1 is 1.25 bits per heavy atom. The molecule has 0 aliphatic rings. The lowest BCUT2D eigenvalue weighted by Gasteiger charge is -2.14. The minimum absolute atomic E-state index is 0.443. The third kappa shape index (κ3) is 3.51. The van der Waals surface area contributed by atoms with Crippen LogP contribution in [0.1, 0.15) is 35.1 Å². The number of nitrogens with zero attached hydrogens (tertiary/aromatic N) is 3. The third-order valence-electron chi connectivity index (χ3n) is 2.49. The molecule has 2 heterocycles. The van der Waals surface area contributed by atoms with Gasteiger partial charge in [0.2, 0.25) is 0 Å². The largest absolute Gasteiger partial charge is 0.443 e. The molecule has 108 valence electrons. The molecule has 0 radical (unpaired) electrons. The molecular weight excluding hydrogens is 289 g/mol. The lowest BCUT2D eigenvalue weighted by atomic mass is 10.2. The molecule has 0 saturated heterocycles. The van der Waals surface area contributed by atoms with Gasteiger partial charge in [-0.15, -0.1) is 11.3 Å². The minimum Gasteiger partial charge on any atom is -0.303 e. The predicted octanol–water partition coefficient (Wildman–Crippen LogP) is 3.04. The van der Waals surface area contributed by atoms with E-state index >= 15 is 0 Å². The number of hydrogen-bond acceptors (Lipinski definition) is 5. The quantitative estimate of drug-likeness (QED) is 0.922. The van der Waals surface area contributed by atoms with Crippen molar-refractivity contribution in [2.24, 2.45) is 0 Å². The Hall–Kier alpha value is -1.54. The van der Waals surface area contributed by atoms with Gasteiger partial charge in [-0.2, -0.15) is 13.2 Å². The number of thiazole rings is 1. The molecule has 0 bridgehead atoms. The molecule has 2 rings (SSSR count). The summed E-state index contributed by atoms with van der Waals surface area (Å²) >= 11 is 0.615. The van der Waals surface area contributed by atoms with Crippen molar-refractivity contribution in [3.05, 3.63) is 40.4 Å². The molecule has 2 aromatic heterocycles. The zero-order valence-corrected chi connectivity index (χ0v) is 11.5. The van der Waals surface area contributed by atoms with Crippen LogP contribution >= 0.6 is 11.3 Å². The van der Waals surface area contributed by atoms with E-state index in [4.69, 9.17) is 0 Å². The molecule has 0 aliphatic heterocycles. The highest BCUT2D eigenvalue weighted by Crippen LogP contribution is 2.35. The van der Waals surface area contributed by atoms with E-state index in [2.05, 4.69) is 20.3 Å². The first-order chi connectivity index (χ1) is 9.52. The van der Waals surface area contributed by atoms with Gasteiger partial charge in [-0.25, -0.2) is 15.0 Å². The van der Waals surface area contributed by atoms with Crippen molar-refractivity contribution in [1.29, 1.82) is 0 Å². The van der Waals surface area contributed by atoms with E-state index < -0.39 is 17.2 Å². The maximum absolute atomic E-state index is 12.6. The van der Waals surface area contributed by atoms with Gasteiger partial charge in [0.25, 0.3) is 0 Å². The number of halogens is 3. The van der Waals surface area contributed by atoms with Gasteiger partial charge < -0.3 is 5.32 Å². The van der Waals surface area contributed by atoms with E-state index in [1.54, 1.807) is 18.5 Å². The Balaban J connectivity index is 2.29. The van der Waals surface area contributed by atoms with E-state index in [1.807, 2.05) is 6.92 Å². The zero-order chi connectivity index (χ0) is 14.6. The summed E-state index contributed by atoms with van der Waals surface area (Å²) in [7, 11) is 0. The Kier molecular flexibility index (Phi) is 4.66. The van der Waals surface area contributed by atoms with Gasteiger partial charge in [0.1, 0.15) is 6.04 Å². The fraction of sp³-hybridized carbons (Fsp3) is 0.417. The predicted molar refractivity (Wildman–Crippen MR) is 69.3 cm³/mol. The summed E-state index contributed by atoms with van der Waals surface area (Å²) in [4.78, 5) is 12.1. The van der Waals surface area contributed by atoms with Crippen LogP contribution in [0.2, 0.25) is 0 Å². The molecule has 0 spiro atoms. The van der Waals surface area contributed by atoms with Gasteiger partial charge in [0, 0.05) is 23.5 Å². The molecule has 8 heteroatoms. The first-order valence-corrected chi connectivity index (χ1v) is 6.87. The SMILES string of the molecule is CCCNC(c1ncccn1)c1cnc(C(F)(F)F)s1. The van der Waals surface area contributed by atoms with Crippen LogP contribution in [-0.4, -0.2) is 21.5 Å². The highest BCUT2D eigenvalue weighted by atomic mass is 32.1. The summed E-state index contributed by atoms with van der Waals surface area (Å²) in [6.07, 6.45) is 0.796. The minimum atomic E-state index is -4.42. The van der Waals surface area contributed by atoms with Gasteiger partial charge in [0.15, 0.2) is 10.8 Å². The zero-order valence-electron chi connectivity index (χ0n) is 10.7. The number of aromatic nitrogens is 3. The summed E-state index contributed by atoms with van der Waals surface area (Å²) in [6, 6.07) is 1.19. The summed E-state index contributed by atoms with van der Waals surface area (Å²) in [5.41, 5.74) is 0. The maximum atomic E-state index is 12.6. The van der Waals surface area contributed by atoms with Gasteiger partial charge in [-0.1, -0.05) is 6.92 Å². The summed E-state index contributed by atoms with van der Waals surface area (Å²) in [5, 5.41) is 2.29. The van der Waals surface area contributed by atoms with Crippen molar-refractivity contribution in [1.82, 2.24) is 20.3 Å². The first-order valence-electron chi connectivity index (χ1n) is 6.05. The topological polar surface area (TPSA) is 50.7 Å². The van der Waals surface area contributed by atoms with Gasteiger partial charge in [-0.05, 0) is 19.0 Å². The van der Waals surface area contributed by atoms with Crippen LogP contribution in [0.4, 0.5) is 13.2 Å². The maximum Gasteiger partial charge on any atom is 0.443 e. The molecule has 20 heavy (non-hydrogen) atoms. The average molecular weight is 302 g/mol. The van der Waals surface area contributed by atoms with Crippen molar-refractivity contribution >= 4 is 11.3 Å². The number of rotatable bonds is 5. The van der Waals surface area contributed by atoms with E-state index in [-0.39, 0.29) is 0 Å². The summed E-state index contributed by atoms with van der Waals surface area (Å²) in [6.45, 7) is 2.63. The lowest BCUT2D eigenvalue weighted by Crippen LogP contribution is -2.24.